The van der Waals surface area contributed by atoms with Gasteiger partial charge in [0.05, 0.1) is 0 Å². The number of rotatable bonds is 0. The van der Waals surface area contributed by atoms with Crippen LogP contribution in [0.15, 0.2) is 18.2 Å². The first-order valence-corrected chi connectivity index (χ1v) is 4.56. The van der Waals surface area contributed by atoms with Gasteiger partial charge in [-0.2, -0.15) is 0 Å². The van der Waals surface area contributed by atoms with E-state index in [9.17, 15) is 0 Å². The van der Waals surface area contributed by atoms with E-state index >= 15 is 0 Å². The highest BCUT2D eigenvalue weighted by molar-refractivity contribution is 14.1. The minimum Gasteiger partial charge on any atom is -0.399 e. The third-order valence-electron chi connectivity index (χ3n) is 0.944. The second-order valence-corrected chi connectivity index (χ2v) is 4.00. The van der Waals surface area contributed by atoms with Crippen LogP contribution in [0.25, 0.3) is 0 Å². The number of nitrogen functional groups attached to an aromatic ring is 1. The molecule has 0 spiro atoms. The van der Waals surface area contributed by atoms with E-state index in [4.69, 9.17) is 5.73 Å². The van der Waals surface area contributed by atoms with Crippen molar-refractivity contribution in [1.82, 2.24) is 0 Å². The zero-order chi connectivity index (χ0) is 6.85. The summed E-state index contributed by atoms with van der Waals surface area (Å²) in [5, 5.41) is 0. The van der Waals surface area contributed by atoms with E-state index in [-0.39, 0.29) is 0 Å². The Kier molecular flexibility index (Phi) is 2.57. The Balaban J connectivity index is 3.17. The molecule has 1 nitrogen and oxygen atoms in total. The molecule has 0 aliphatic heterocycles. The van der Waals surface area contributed by atoms with Crippen molar-refractivity contribution < 1.29 is 0 Å². The summed E-state index contributed by atoms with van der Waals surface area (Å²) in [7, 11) is 0. The van der Waals surface area contributed by atoms with Crippen LogP contribution in [-0.4, -0.2) is 0 Å². The molecule has 0 bridgehead atoms. The molecule has 0 aromatic heterocycles. The van der Waals surface area contributed by atoms with Gasteiger partial charge in [-0.05, 0) is 63.4 Å². The number of benzene rings is 1. The van der Waals surface area contributed by atoms with Crippen molar-refractivity contribution in [2.45, 2.75) is 0 Å². The second kappa shape index (κ2) is 3.05. The van der Waals surface area contributed by atoms with Crippen molar-refractivity contribution in [3.8, 4) is 0 Å². The van der Waals surface area contributed by atoms with Gasteiger partial charge in [0.2, 0.25) is 0 Å². The lowest BCUT2D eigenvalue weighted by Crippen LogP contribution is -1.86. The molecule has 0 saturated heterocycles. The summed E-state index contributed by atoms with van der Waals surface area (Å²) in [5.41, 5.74) is 6.35. The normalized spacial score (nSPS) is 9.56. The highest BCUT2D eigenvalue weighted by atomic mass is 127. The summed E-state index contributed by atoms with van der Waals surface area (Å²) in [6.07, 6.45) is 0. The van der Waals surface area contributed by atoms with Crippen molar-refractivity contribution >= 4 is 50.9 Å². The number of halogens is 2. The third kappa shape index (κ3) is 1.96. The average molecular weight is 345 g/mol. The first-order chi connectivity index (χ1) is 4.20. The number of hydrogen-bond acceptors (Lipinski definition) is 1. The Morgan fingerprint density at radius 3 is 2.22 bits per heavy atom. The highest BCUT2D eigenvalue weighted by Crippen LogP contribution is 2.16. The fourth-order valence-corrected chi connectivity index (χ4v) is 1.39. The number of anilines is 1. The molecule has 0 heterocycles. The van der Waals surface area contributed by atoms with Gasteiger partial charge in [0.25, 0.3) is 0 Å². The van der Waals surface area contributed by atoms with Gasteiger partial charge < -0.3 is 5.73 Å². The predicted molar refractivity (Wildman–Crippen MR) is 56.3 cm³/mol. The van der Waals surface area contributed by atoms with Crippen LogP contribution < -0.4 is 5.73 Å². The molecule has 3 heteroatoms. The van der Waals surface area contributed by atoms with Crippen molar-refractivity contribution in [2.24, 2.45) is 0 Å². The summed E-state index contributed by atoms with van der Waals surface area (Å²) in [6, 6.07) is 5.88. The average Bonchev–Trinajstić information content (AvgIpc) is 1.80. The van der Waals surface area contributed by atoms with Gasteiger partial charge in [0, 0.05) is 12.8 Å². The molecular formula is C6H5I2N. The molecule has 0 radical (unpaired) electrons. The van der Waals surface area contributed by atoms with Crippen LogP contribution in [0.3, 0.4) is 0 Å². The minimum atomic E-state index is 0.833. The molecule has 2 N–H and O–H groups in total. The zero-order valence-corrected chi connectivity index (χ0v) is 8.88. The molecular weight excluding hydrogens is 340 g/mol. The van der Waals surface area contributed by atoms with Gasteiger partial charge in [-0.3, -0.25) is 0 Å². The lowest BCUT2D eigenvalue weighted by molar-refractivity contribution is 1.57. The predicted octanol–water partition coefficient (Wildman–Crippen LogP) is 2.48. The molecule has 0 atom stereocenters. The molecule has 1 aromatic carbocycles. The van der Waals surface area contributed by atoms with E-state index in [0.29, 0.717) is 0 Å². The summed E-state index contributed by atoms with van der Waals surface area (Å²) in [5.74, 6) is 0. The van der Waals surface area contributed by atoms with Crippen molar-refractivity contribution in [3.05, 3.63) is 25.3 Å². The molecule has 0 amide bonds. The largest absolute Gasteiger partial charge is 0.399 e. The van der Waals surface area contributed by atoms with E-state index in [0.717, 1.165) is 5.69 Å². The molecule has 48 valence electrons. The molecule has 0 saturated carbocycles. The van der Waals surface area contributed by atoms with Gasteiger partial charge in [-0.15, -0.1) is 0 Å². The number of hydrogen-bond donors (Lipinski definition) is 1. The quantitative estimate of drug-likeness (QED) is 0.568. The maximum Gasteiger partial charge on any atom is 0.0325 e. The second-order valence-electron chi connectivity index (χ2n) is 1.67. The smallest absolute Gasteiger partial charge is 0.0325 e. The Morgan fingerprint density at radius 2 is 1.78 bits per heavy atom. The van der Waals surface area contributed by atoms with Crippen molar-refractivity contribution in [3.63, 3.8) is 0 Å². The van der Waals surface area contributed by atoms with Crippen LogP contribution in [0, 0.1) is 7.14 Å². The first-order valence-electron chi connectivity index (χ1n) is 2.40. The molecule has 0 fully saturated rings. The van der Waals surface area contributed by atoms with Crippen molar-refractivity contribution in [1.29, 1.82) is 0 Å². The fraction of sp³-hybridized carbons (Fsp3) is 0. The van der Waals surface area contributed by atoms with Crippen LogP contribution in [-0.2, 0) is 0 Å². The van der Waals surface area contributed by atoms with Crippen molar-refractivity contribution in [2.75, 3.05) is 5.73 Å². The summed E-state index contributed by atoms with van der Waals surface area (Å²) >= 11 is 4.54. The fourth-order valence-electron chi connectivity index (χ4n) is 0.512. The Bertz CT molecular complexity index is 222. The molecule has 1 aromatic rings. The summed E-state index contributed by atoms with van der Waals surface area (Å²) in [6.45, 7) is 0. The van der Waals surface area contributed by atoms with Gasteiger partial charge in [-0.1, -0.05) is 0 Å². The van der Waals surface area contributed by atoms with Crippen LogP contribution in [0.5, 0.6) is 0 Å². The zero-order valence-electron chi connectivity index (χ0n) is 4.57. The van der Waals surface area contributed by atoms with E-state index in [2.05, 4.69) is 45.2 Å². The SMILES string of the molecule is Nc1ccc(I)c(I)c1. The molecule has 0 unspecified atom stereocenters. The lowest BCUT2D eigenvalue weighted by atomic mass is 10.3. The van der Waals surface area contributed by atoms with Gasteiger partial charge >= 0.3 is 0 Å². The first kappa shape index (κ1) is 7.59. The third-order valence-corrected chi connectivity index (χ3v) is 3.81. The lowest BCUT2D eigenvalue weighted by Gasteiger charge is -1.95. The van der Waals surface area contributed by atoms with Crippen LogP contribution in [0.1, 0.15) is 0 Å². The Labute approximate surface area is 81.3 Å². The van der Waals surface area contributed by atoms with E-state index in [1.165, 1.54) is 7.14 Å². The Hall–Kier alpha value is 0.480. The van der Waals surface area contributed by atoms with Gasteiger partial charge in [-0.25, -0.2) is 0 Å². The number of nitrogens with two attached hydrogens (primary N) is 1. The van der Waals surface area contributed by atoms with Crippen LogP contribution >= 0.6 is 45.2 Å². The summed E-state index contributed by atoms with van der Waals surface area (Å²) < 4.78 is 2.47. The van der Waals surface area contributed by atoms with E-state index < -0.39 is 0 Å². The molecule has 0 aliphatic carbocycles. The minimum absolute atomic E-state index is 0.833. The maximum atomic E-state index is 5.52. The maximum absolute atomic E-state index is 5.52. The Morgan fingerprint density at radius 1 is 1.11 bits per heavy atom. The van der Waals surface area contributed by atoms with Gasteiger partial charge in [0.15, 0.2) is 0 Å². The summed E-state index contributed by atoms with van der Waals surface area (Å²) in [4.78, 5) is 0. The topological polar surface area (TPSA) is 26.0 Å². The van der Waals surface area contributed by atoms with E-state index in [1.54, 1.807) is 0 Å². The highest BCUT2D eigenvalue weighted by Gasteiger charge is 1.92. The monoisotopic (exact) mass is 345 g/mol. The molecule has 1 rings (SSSR count). The van der Waals surface area contributed by atoms with Gasteiger partial charge in [0.1, 0.15) is 0 Å². The molecule has 0 aliphatic rings. The molecule has 9 heavy (non-hydrogen) atoms. The van der Waals surface area contributed by atoms with E-state index in [1.807, 2.05) is 18.2 Å². The standard InChI is InChI=1S/C6H5I2N/c7-5-2-1-4(9)3-6(5)8/h1-3H,9H2. The van der Waals surface area contributed by atoms with Crippen LogP contribution in [0.4, 0.5) is 5.69 Å². The van der Waals surface area contributed by atoms with Crippen LogP contribution in [0.2, 0.25) is 0 Å².